The lowest BCUT2D eigenvalue weighted by molar-refractivity contribution is -0.120. The highest BCUT2D eigenvalue weighted by Crippen LogP contribution is 2.26. The molecule has 1 amide bonds. The van der Waals surface area contributed by atoms with Crippen molar-refractivity contribution in [1.29, 1.82) is 0 Å². The topological polar surface area (TPSA) is 79.6 Å². The second-order valence-electron chi connectivity index (χ2n) is 7.86. The summed E-state index contributed by atoms with van der Waals surface area (Å²) in [5.41, 5.74) is 4.73. The van der Waals surface area contributed by atoms with E-state index in [-0.39, 0.29) is 23.3 Å². The Morgan fingerprint density at radius 2 is 1.77 bits per heavy atom. The summed E-state index contributed by atoms with van der Waals surface area (Å²) in [5.74, 6) is -0.118. The summed E-state index contributed by atoms with van der Waals surface area (Å²) in [6.07, 6.45) is 1.86. The Morgan fingerprint density at radius 3 is 2.40 bits per heavy atom. The van der Waals surface area contributed by atoms with E-state index in [1.165, 1.54) is 4.31 Å². The number of sulfonamides is 1. The SMILES string of the molecule is Cc1ccc2c(CC(=O)NCc3ccc(S(=O)(=O)N(C)C(C)C)cc3)coc2c1C. The molecule has 0 saturated carbocycles. The van der Waals surface area contributed by atoms with E-state index in [1.807, 2.05) is 39.8 Å². The summed E-state index contributed by atoms with van der Waals surface area (Å²) in [6, 6.07) is 10.5. The van der Waals surface area contributed by atoms with Gasteiger partial charge in [0.1, 0.15) is 5.58 Å². The molecule has 3 aromatic rings. The predicted octanol–water partition coefficient (Wildman–Crippen LogP) is 3.94. The van der Waals surface area contributed by atoms with Gasteiger partial charge in [0, 0.05) is 30.6 Å². The van der Waals surface area contributed by atoms with Gasteiger partial charge in [0.2, 0.25) is 15.9 Å². The van der Waals surface area contributed by atoms with Gasteiger partial charge in [0.05, 0.1) is 17.6 Å². The molecular formula is C23H28N2O4S. The van der Waals surface area contributed by atoms with Gasteiger partial charge in [0.25, 0.3) is 0 Å². The number of rotatable bonds is 7. The minimum atomic E-state index is -3.51. The molecule has 1 heterocycles. The lowest BCUT2D eigenvalue weighted by Gasteiger charge is -2.21. The summed E-state index contributed by atoms with van der Waals surface area (Å²) in [4.78, 5) is 12.7. The second kappa shape index (κ2) is 8.62. The molecule has 0 radical (unpaired) electrons. The van der Waals surface area contributed by atoms with Crippen molar-refractivity contribution >= 4 is 26.9 Å². The maximum atomic E-state index is 12.5. The molecule has 1 aromatic heterocycles. The number of hydrogen-bond acceptors (Lipinski definition) is 4. The molecule has 0 fully saturated rings. The number of carbonyl (C=O) groups is 1. The van der Waals surface area contributed by atoms with Crippen LogP contribution in [0.2, 0.25) is 0 Å². The van der Waals surface area contributed by atoms with Gasteiger partial charge in [-0.1, -0.05) is 24.3 Å². The van der Waals surface area contributed by atoms with Crippen molar-refractivity contribution in [1.82, 2.24) is 9.62 Å². The highest BCUT2D eigenvalue weighted by molar-refractivity contribution is 7.89. The fourth-order valence-electron chi connectivity index (χ4n) is 3.18. The lowest BCUT2D eigenvalue weighted by atomic mass is 10.0. The van der Waals surface area contributed by atoms with E-state index in [2.05, 4.69) is 5.32 Å². The predicted molar refractivity (Wildman–Crippen MR) is 118 cm³/mol. The van der Waals surface area contributed by atoms with Crippen LogP contribution in [-0.2, 0) is 27.8 Å². The molecule has 0 aliphatic rings. The zero-order valence-electron chi connectivity index (χ0n) is 18.0. The molecule has 0 unspecified atom stereocenters. The number of nitrogens with zero attached hydrogens (tertiary/aromatic N) is 1. The van der Waals surface area contributed by atoms with Crippen LogP contribution in [0.3, 0.4) is 0 Å². The van der Waals surface area contributed by atoms with E-state index in [0.29, 0.717) is 6.54 Å². The summed E-state index contributed by atoms with van der Waals surface area (Å²) in [6.45, 7) is 8.02. The Bertz CT molecular complexity index is 1160. The smallest absolute Gasteiger partial charge is 0.243 e. The Balaban J connectivity index is 1.64. The van der Waals surface area contributed by atoms with Crippen LogP contribution in [0, 0.1) is 13.8 Å². The molecule has 0 aliphatic carbocycles. The van der Waals surface area contributed by atoms with Crippen molar-refractivity contribution < 1.29 is 17.6 Å². The van der Waals surface area contributed by atoms with Gasteiger partial charge >= 0.3 is 0 Å². The highest BCUT2D eigenvalue weighted by Gasteiger charge is 2.22. The Morgan fingerprint density at radius 1 is 1.10 bits per heavy atom. The van der Waals surface area contributed by atoms with Crippen molar-refractivity contribution in [3.63, 3.8) is 0 Å². The van der Waals surface area contributed by atoms with Crippen LogP contribution in [0.15, 0.2) is 52.0 Å². The molecule has 0 spiro atoms. The van der Waals surface area contributed by atoms with Gasteiger partial charge in [-0.3, -0.25) is 4.79 Å². The summed E-state index contributed by atoms with van der Waals surface area (Å²) in [7, 11) is -1.95. The number of benzene rings is 2. The molecule has 7 heteroatoms. The molecule has 160 valence electrons. The third-order valence-electron chi connectivity index (χ3n) is 5.51. The van der Waals surface area contributed by atoms with E-state index >= 15 is 0 Å². The Hall–Kier alpha value is -2.64. The van der Waals surface area contributed by atoms with E-state index in [9.17, 15) is 13.2 Å². The standard InChI is InChI=1S/C23H28N2O4S/c1-15(2)25(5)30(27,28)20-9-7-18(8-10-20)13-24-22(26)12-19-14-29-23-17(4)16(3)6-11-21(19)23/h6-11,14-15H,12-13H2,1-5H3,(H,24,26). The summed E-state index contributed by atoms with van der Waals surface area (Å²) in [5, 5.41) is 3.84. The van der Waals surface area contributed by atoms with Crippen LogP contribution < -0.4 is 5.32 Å². The number of aryl methyl sites for hydroxylation is 2. The molecule has 1 N–H and O–H groups in total. The largest absolute Gasteiger partial charge is 0.464 e. The molecule has 0 atom stereocenters. The number of amides is 1. The number of hydrogen-bond donors (Lipinski definition) is 1. The summed E-state index contributed by atoms with van der Waals surface area (Å²) < 4.78 is 32.1. The van der Waals surface area contributed by atoms with Crippen LogP contribution in [0.1, 0.15) is 36.1 Å². The first kappa shape index (κ1) is 22.1. The molecule has 3 rings (SSSR count). The average molecular weight is 429 g/mol. The molecule has 0 aliphatic heterocycles. The van der Waals surface area contributed by atoms with Crippen molar-refractivity contribution in [3.05, 3.63) is 64.9 Å². The van der Waals surface area contributed by atoms with Crippen LogP contribution in [-0.4, -0.2) is 31.7 Å². The van der Waals surface area contributed by atoms with Crippen molar-refractivity contribution in [3.8, 4) is 0 Å². The number of carbonyl (C=O) groups excluding carboxylic acids is 1. The van der Waals surface area contributed by atoms with Crippen molar-refractivity contribution in [2.75, 3.05) is 7.05 Å². The monoisotopic (exact) mass is 428 g/mol. The van der Waals surface area contributed by atoms with E-state index < -0.39 is 10.0 Å². The normalized spacial score (nSPS) is 12.1. The maximum absolute atomic E-state index is 12.5. The maximum Gasteiger partial charge on any atom is 0.243 e. The zero-order valence-corrected chi connectivity index (χ0v) is 18.8. The van der Waals surface area contributed by atoms with Gasteiger partial charge in [-0.2, -0.15) is 4.31 Å². The van der Waals surface area contributed by atoms with E-state index in [1.54, 1.807) is 37.6 Å². The Kier molecular flexibility index (Phi) is 6.33. The molecular weight excluding hydrogens is 400 g/mol. The first-order valence-corrected chi connectivity index (χ1v) is 11.3. The van der Waals surface area contributed by atoms with E-state index in [0.717, 1.165) is 33.2 Å². The molecule has 30 heavy (non-hydrogen) atoms. The lowest BCUT2D eigenvalue weighted by Crippen LogP contribution is -2.33. The van der Waals surface area contributed by atoms with Crippen LogP contribution in [0.5, 0.6) is 0 Å². The van der Waals surface area contributed by atoms with E-state index in [4.69, 9.17) is 4.42 Å². The van der Waals surface area contributed by atoms with Gasteiger partial charge in [-0.25, -0.2) is 8.42 Å². The Labute approximate surface area is 177 Å². The minimum Gasteiger partial charge on any atom is -0.464 e. The van der Waals surface area contributed by atoms with Gasteiger partial charge in [-0.05, 0) is 56.5 Å². The average Bonchev–Trinajstić information content (AvgIpc) is 3.12. The highest BCUT2D eigenvalue weighted by atomic mass is 32.2. The fraction of sp³-hybridized carbons (Fsp3) is 0.348. The first-order valence-electron chi connectivity index (χ1n) is 9.91. The molecule has 0 saturated heterocycles. The fourth-order valence-corrected chi connectivity index (χ4v) is 4.55. The van der Waals surface area contributed by atoms with Crippen LogP contribution in [0.25, 0.3) is 11.0 Å². The molecule has 6 nitrogen and oxygen atoms in total. The van der Waals surface area contributed by atoms with Gasteiger partial charge < -0.3 is 9.73 Å². The van der Waals surface area contributed by atoms with Crippen LogP contribution >= 0.6 is 0 Å². The molecule has 2 aromatic carbocycles. The second-order valence-corrected chi connectivity index (χ2v) is 9.86. The molecule has 0 bridgehead atoms. The third-order valence-corrected chi connectivity index (χ3v) is 7.56. The quantitative estimate of drug-likeness (QED) is 0.618. The minimum absolute atomic E-state index is 0.118. The van der Waals surface area contributed by atoms with Crippen molar-refractivity contribution in [2.45, 2.75) is 51.6 Å². The van der Waals surface area contributed by atoms with Crippen molar-refractivity contribution in [2.24, 2.45) is 0 Å². The third kappa shape index (κ3) is 4.42. The summed E-state index contributed by atoms with van der Waals surface area (Å²) >= 11 is 0. The zero-order chi connectivity index (χ0) is 22.1. The first-order chi connectivity index (χ1) is 14.1. The number of furan rings is 1. The number of fused-ring (bicyclic) bond motifs is 1. The van der Waals surface area contributed by atoms with Gasteiger partial charge in [0.15, 0.2) is 0 Å². The van der Waals surface area contributed by atoms with Gasteiger partial charge in [-0.15, -0.1) is 0 Å². The van der Waals surface area contributed by atoms with Crippen LogP contribution in [0.4, 0.5) is 0 Å². The number of nitrogens with one attached hydrogen (secondary N) is 1.